The van der Waals surface area contributed by atoms with E-state index in [1.165, 1.54) is 44.2 Å². The molecule has 1 saturated carbocycles. The first-order chi connectivity index (χ1) is 13.3. The lowest BCUT2D eigenvalue weighted by molar-refractivity contribution is -0.118. The molecule has 1 radical (unpaired) electrons. The highest BCUT2D eigenvalue weighted by Crippen LogP contribution is 2.26. The quantitative estimate of drug-likeness (QED) is 0.496. The maximum absolute atomic E-state index is 12.0. The van der Waals surface area contributed by atoms with Crippen LogP contribution in [-0.2, 0) is 14.8 Å². The van der Waals surface area contributed by atoms with Gasteiger partial charge in [0.25, 0.3) is 10.0 Å². The molecule has 0 heterocycles. The topological polar surface area (TPSA) is 130 Å². The zero-order chi connectivity index (χ0) is 20.6. The number of amides is 3. The third-order valence-electron chi connectivity index (χ3n) is 4.76. The van der Waals surface area contributed by atoms with Gasteiger partial charge >= 0.3 is 6.03 Å². The summed E-state index contributed by atoms with van der Waals surface area (Å²) in [5.74, 6) is 0.575. The Morgan fingerprint density at radius 1 is 1.18 bits per heavy atom. The van der Waals surface area contributed by atoms with Crippen LogP contribution >= 0.6 is 0 Å². The van der Waals surface area contributed by atoms with Gasteiger partial charge in [0.15, 0.2) is 0 Å². The lowest BCUT2D eigenvalue weighted by atomic mass is 9.86. The Labute approximate surface area is 166 Å². The van der Waals surface area contributed by atoms with Crippen molar-refractivity contribution < 1.29 is 18.0 Å². The normalized spacial score (nSPS) is 16.2. The van der Waals surface area contributed by atoms with Crippen LogP contribution in [-0.4, -0.2) is 32.9 Å². The zero-order valence-electron chi connectivity index (χ0n) is 16.1. The zero-order valence-corrected chi connectivity index (χ0v) is 16.9. The van der Waals surface area contributed by atoms with Crippen molar-refractivity contribution >= 4 is 27.6 Å². The van der Waals surface area contributed by atoms with E-state index in [2.05, 4.69) is 10.6 Å². The molecule has 1 aromatic carbocycles. The summed E-state index contributed by atoms with van der Waals surface area (Å²) in [6.45, 7) is 2.39. The van der Waals surface area contributed by atoms with Crippen LogP contribution in [0.3, 0.4) is 0 Å². The van der Waals surface area contributed by atoms with Crippen LogP contribution in [0.5, 0.6) is 0 Å². The molecule has 8 nitrogen and oxygen atoms in total. The number of carbonyl (C=O) groups excluding carboxylic acids is 2. The maximum Gasteiger partial charge on any atom is 0.326 e. The summed E-state index contributed by atoms with van der Waals surface area (Å²) in [4.78, 5) is 22.7. The van der Waals surface area contributed by atoms with Crippen molar-refractivity contribution in [3.8, 4) is 0 Å². The number of benzene rings is 1. The van der Waals surface area contributed by atoms with E-state index in [1.54, 1.807) is 23.3 Å². The van der Waals surface area contributed by atoms with Gasteiger partial charge in [-0.3, -0.25) is 4.79 Å². The number of nitrogens with one attached hydrogen (secondary N) is 3. The van der Waals surface area contributed by atoms with Gasteiger partial charge in [-0.2, -0.15) is 0 Å². The highest BCUT2D eigenvalue weighted by atomic mass is 32.2. The number of sulfonamides is 1. The molecular formula is C19H29N4O4S. The first-order valence-corrected chi connectivity index (χ1v) is 11.0. The first-order valence-electron chi connectivity index (χ1n) is 9.56. The van der Waals surface area contributed by atoms with Crippen molar-refractivity contribution in [3.05, 3.63) is 30.7 Å². The van der Waals surface area contributed by atoms with Crippen LogP contribution in [0.4, 0.5) is 10.5 Å². The van der Waals surface area contributed by atoms with Gasteiger partial charge in [0, 0.05) is 24.7 Å². The molecule has 155 valence electrons. The Morgan fingerprint density at radius 3 is 2.43 bits per heavy atom. The number of anilines is 1. The average Bonchev–Trinajstić information content (AvgIpc) is 2.65. The number of nitrogens with two attached hydrogens (primary N) is 1. The second kappa shape index (κ2) is 10.3. The summed E-state index contributed by atoms with van der Waals surface area (Å²) < 4.78 is 25.4. The molecule has 9 heteroatoms. The Hall–Kier alpha value is -2.29. The second-order valence-electron chi connectivity index (χ2n) is 7.23. The van der Waals surface area contributed by atoms with Crippen LogP contribution < -0.4 is 21.1 Å². The lowest BCUT2D eigenvalue weighted by Gasteiger charge is -2.21. The van der Waals surface area contributed by atoms with Gasteiger partial charge in [-0.15, -0.1) is 0 Å². The number of urea groups is 1. The van der Waals surface area contributed by atoms with Gasteiger partial charge in [0.2, 0.25) is 5.91 Å². The summed E-state index contributed by atoms with van der Waals surface area (Å²) in [7, 11) is -3.95. The molecule has 28 heavy (non-hydrogen) atoms. The highest BCUT2D eigenvalue weighted by molar-refractivity contribution is 7.90. The summed E-state index contributed by atoms with van der Waals surface area (Å²) in [5.41, 5.74) is 5.55. The molecular weight excluding hydrogens is 380 g/mol. The Balaban J connectivity index is 1.73. The van der Waals surface area contributed by atoms with Crippen molar-refractivity contribution in [2.24, 2.45) is 11.7 Å². The van der Waals surface area contributed by atoms with Crippen molar-refractivity contribution in [3.63, 3.8) is 0 Å². The summed E-state index contributed by atoms with van der Waals surface area (Å²) >= 11 is 0. The summed E-state index contributed by atoms with van der Waals surface area (Å²) in [5, 5.41) is 6.07. The fourth-order valence-electron chi connectivity index (χ4n) is 3.26. The number of carbonyl (C=O) groups is 2. The average molecular weight is 410 g/mol. The molecule has 3 amide bonds. The minimum absolute atomic E-state index is 0.0566. The van der Waals surface area contributed by atoms with E-state index in [4.69, 9.17) is 5.73 Å². The van der Waals surface area contributed by atoms with Crippen LogP contribution in [0.15, 0.2) is 29.2 Å². The Morgan fingerprint density at radius 2 is 1.82 bits per heavy atom. The molecule has 0 aromatic heterocycles. The molecule has 1 aliphatic rings. The summed E-state index contributed by atoms with van der Waals surface area (Å²) in [6, 6.07) is 4.68. The predicted octanol–water partition coefficient (Wildman–Crippen LogP) is 2.13. The van der Waals surface area contributed by atoms with Gasteiger partial charge in [0.05, 0.1) is 4.90 Å². The molecule has 5 N–H and O–H groups in total. The number of hydrogen-bond donors (Lipinski definition) is 4. The lowest BCUT2D eigenvalue weighted by Crippen LogP contribution is -2.37. The predicted molar refractivity (Wildman–Crippen MR) is 108 cm³/mol. The molecule has 0 spiro atoms. The molecule has 0 saturated heterocycles. The van der Waals surface area contributed by atoms with E-state index in [0.29, 0.717) is 18.2 Å². The largest absolute Gasteiger partial charge is 0.383 e. The van der Waals surface area contributed by atoms with Gasteiger partial charge < -0.3 is 16.4 Å². The minimum atomic E-state index is -3.95. The second-order valence-corrected chi connectivity index (χ2v) is 8.91. The van der Waals surface area contributed by atoms with E-state index in [1.807, 2.05) is 6.92 Å². The Kier molecular flexibility index (Phi) is 8.10. The van der Waals surface area contributed by atoms with Crippen molar-refractivity contribution in [2.75, 3.05) is 11.9 Å². The standard InChI is InChI=1S/C19H29N4O4S/c1-14(22-18(24)12-7-15-5-3-2-4-6-15)13-21-16-8-10-17(11-9-16)28(26,27)23-19(20)25/h8-12,14-15,21H,2-7,13H2,1H3,(H,22,24)(H3,20,23,25)/t14-/m0/s1. The van der Waals surface area contributed by atoms with Crippen LogP contribution in [0.25, 0.3) is 0 Å². The van der Waals surface area contributed by atoms with Gasteiger partial charge in [-0.25, -0.2) is 17.9 Å². The van der Waals surface area contributed by atoms with Crippen LogP contribution in [0, 0.1) is 12.3 Å². The van der Waals surface area contributed by atoms with Crippen molar-refractivity contribution in [2.45, 2.75) is 56.4 Å². The molecule has 1 aromatic rings. The fraction of sp³-hybridized carbons (Fsp3) is 0.526. The Bertz CT molecular complexity index is 759. The molecule has 0 bridgehead atoms. The van der Waals surface area contributed by atoms with Gasteiger partial charge in [-0.05, 0) is 43.5 Å². The molecule has 1 atom stereocenters. The van der Waals surface area contributed by atoms with Crippen LogP contribution in [0.1, 0.15) is 45.4 Å². The maximum atomic E-state index is 12.0. The number of rotatable bonds is 9. The SMILES string of the molecule is C[C@@H](CNc1ccc(S(=O)(=O)NC(N)=O)cc1)NC(=O)[CH]CC1CCCCC1. The van der Waals surface area contributed by atoms with Crippen molar-refractivity contribution in [1.82, 2.24) is 10.0 Å². The van der Waals surface area contributed by atoms with E-state index >= 15 is 0 Å². The molecule has 2 rings (SSSR count). The van der Waals surface area contributed by atoms with Gasteiger partial charge in [0.1, 0.15) is 0 Å². The van der Waals surface area contributed by atoms with Gasteiger partial charge in [-0.1, -0.05) is 32.1 Å². The van der Waals surface area contributed by atoms with Crippen molar-refractivity contribution in [1.29, 1.82) is 0 Å². The van der Waals surface area contributed by atoms with E-state index in [-0.39, 0.29) is 16.8 Å². The monoisotopic (exact) mass is 409 g/mol. The minimum Gasteiger partial charge on any atom is -0.383 e. The summed E-state index contributed by atoms with van der Waals surface area (Å²) in [6.07, 6.45) is 8.83. The number of hydrogen-bond acceptors (Lipinski definition) is 5. The number of primary amides is 1. The molecule has 0 unspecified atom stereocenters. The van der Waals surface area contributed by atoms with E-state index in [9.17, 15) is 18.0 Å². The smallest absolute Gasteiger partial charge is 0.326 e. The van der Waals surface area contributed by atoms with E-state index in [0.717, 1.165) is 6.42 Å². The molecule has 0 aliphatic heterocycles. The molecule has 1 fully saturated rings. The van der Waals surface area contributed by atoms with Crippen LogP contribution in [0.2, 0.25) is 0 Å². The third-order valence-corrected chi connectivity index (χ3v) is 6.12. The third kappa shape index (κ3) is 7.38. The van der Waals surface area contributed by atoms with E-state index < -0.39 is 16.1 Å². The molecule has 1 aliphatic carbocycles. The fourth-order valence-corrected chi connectivity index (χ4v) is 4.14. The highest BCUT2D eigenvalue weighted by Gasteiger charge is 2.17. The first kappa shape index (κ1) is 22.0.